The van der Waals surface area contributed by atoms with Crippen LogP contribution in [0.4, 0.5) is 5.69 Å². The molecule has 2 N–H and O–H groups in total. The molecule has 1 saturated heterocycles. The maximum absolute atomic E-state index is 14.7. The van der Waals surface area contributed by atoms with Crippen LogP contribution in [0, 0.1) is 11.3 Å². The van der Waals surface area contributed by atoms with Crippen LogP contribution in [0.5, 0.6) is 5.75 Å². The molecule has 0 aliphatic carbocycles. The minimum atomic E-state index is -1.04. The van der Waals surface area contributed by atoms with Gasteiger partial charge in [0.1, 0.15) is 23.9 Å². The molecule has 3 atom stereocenters. The van der Waals surface area contributed by atoms with Gasteiger partial charge in [0.05, 0.1) is 44.3 Å². The van der Waals surface area contributed by atoms with Crippen molar-refractivity contribution in [2.45, 2.75) is 111 Å². The Bertz CT molecular complexity index is 2770. The summed E-state index contributed by atoms with van der Waals surface area (Å²) >= 11 is 0. The number of carbonyl (C=O) groups is 4. The number of hydrogen-bond acceptors (Lipinski definition) is 11. The number of nitrogens with one attached hydrogen (secondary N) is 2. The van der Waals surface area contributed by atoms with E-state index in [1.807, 2.05) is 44.4 Å². The molecule has 4 heterocycles. The van der Waals surface area contributed by atoms with E-state index in [-0.39, 0.29) is 37.8 Å². The third-order valence-corrected chi connectivity index (χ3v) is 13.3. The molecule has 5 aromatic rings. The average molecular weight is 953 g/mol. The number of methoxy groups -OCH3 is 2. The van der Waals surface area contributed by atoms with E-state index in [0.29, 0.717) is 43.9 Å². The molecule has 15 heteroatoms. The van der Waals surface area contributed by atoms with Gasteiger partial charge in [0.2, 0.25) is 11.8 Å². The van der Waals surface area contributed by atoms with Crippen LogP contribution in [0.3, 0.4) is 0 Å². The first-order chi connectivity index (χ1) is 33.7. The van der Waals surface area contributed by atoms with Crippen molar-refractivity contribution in [3.8, 4) is 28.1 Å². The fraction of sp³-hybridized carbons (Fsp3) is 0.455. The van der Waals surface area contributed by atoms with Gasteiger partial charge < -0.3 is 29.0 Å². The second-order valence-electron chi connectivity index (χ2n) is 19.4. The van der Waals surface area contributed by atoms with Crippen LogP contribution in [0.15, 0.2) is 89.1 Å². The van der Waals surface area contributed by atoms with Gasteiger partial charge in [0.15, 0.2) is 0 Å². The lowest BCUT2D eigenvalue weighted by Gasteiger charge is -2.36. The maximum atomic E-state index is 14.7. The minimum Gasteiger partial charge on any atom is -0.497 e. The number of aryl methyl sites for hydroxylation is 2. The number of carbonyl (C=O) groups excluding carboxylic acids is 4. The molecule has 6 bridgehead atoms. The molecule has 2 aliphatic heterocycles. The van der Waals surface area contributed by atoms with Crippen molar-refractivity contribution in [1.29, 1.82) is 0 Å². The van der Waals surface area contributed by atoms with Crippen LogP contribution in [-0.2, 0) is 61.1 Å². The number of fused-ring (bicyclic) bond motifs is 6. The number of cyclic esters (lactones) is 1. The molecule has 3 amide bonds. The van der Waals surface area contributed by atoms with E-state index in [4.69, 9.17) is 14.2 Å². The van der Waals surface area contributed by atoms with Crippen molar-refractivity contribution < 1.29 is 33.4 Å². The molecule has 0 unspecified atom stereocenters. The minimum absolute atomic E-state index is 0.00554. The quantitative estimate of drug-likeness (QED) is 0.0825. The Hall–Kier alpha value is -6.67. The molecule has 70 heavy (non-hydrogen) atoms. The number of benzene rings is 3. The average Bonchev–Trinajstić information content (AvgIpc) is 3.66. The fourth-order valence-electron chi connectivity index (χ4n) is 9.75. The zero-order chi connectivity index (χ0) is 50.1. The van der Waals surface area contributed by atoms with Gasteiger partial charge in [-0.05, 0) is 103 Å². The van der Waals surface area contributed by atoms with Crippen molar-refractivity contribution in [2.24, 2.45) is 21.3 Å². The van der Waals surface area contributed by atoms with Gasteiger partial charge in [-0.2, -0.15) is 4.99 Å². The van der Waals surface area contributed by atoms with Crippen LogP contribution in [-0.4, -0.2) is 108 Å². The number of nitrogens with zero attached hydrogens (tertiary/aromatic N) is 6. The zero-order valence-corrected chi connectivity index (χ0v) is 42.1. The molecule has 7 rings (SSSR count). The predicted molar refractivity (Wildman–Crippen MR) is 272 cm³/mol. The van der Waals surface area contributed by atoms with Crippen molar-refractivity contribution in [3.63, 3.8) is 0 Å². The third kappa shape index (κ3) is 11.7. The van der Waals surface area contributed by atoms with Gasteiger partial charge >= 0.3 is 5.97 Å². The van der Waals surface area contributed by atoms with Crippen molar-refractivity contribution >= 4 is 46.3 Å². The van der Waals surface area contributed by atoms with Gasteiger partial charge in [-0.3, -0.25) is 29.2 Å². The highest BCUT2D eigenvalue weighted by molar-refractivity contribution is 5.96. The molecular weight excluding hydrogens is 885 g/mol. The van der Waals surface area contributed by atoms with Crippen molar-refractivity contribution in [3.05, 3.63) is 101 Å². The largest absolute Gasteiger partial charge is 0.497 e. The number of ether oxygens (including phenoxy) is 3. The van der Waals surface area contributed by atoms with Gasteiger partial charge in [-0.1, -0.05) is 65.0 Å². The number of hydrogen-bond donors (Lipinski definition) is 2. The summed E-state index contributed by atoms with van der Waals surface area (Å²) in [5.41, 5.74) is 12.6. The second-order valence-corrected chi connectivity index (χ2v) is 19.4. The Morgan fingerprint density at radius 3 is 2.59 bits per heavy atom. The standard InChI is InChI=1S/C55H68N8O7/c1-10-37-21-23-56-31-44(37)51-43-30-55(5,6)33-70-54(67)46-16-13-25-63(60-46)53(66)47(27-36-14-12-15-38(26-36)39-17-20-48(42(43)29-39)62(51)11-2)59-52(65)50(35(3)4)61(7)49(64)22-24-57-34-58-45-19-18-41(69-9)28-40(45)32-68-8/h12,14-15,17-21,23,26,28-29,31,35,46-47,50,60H,10-11,13,16,22,24-25,27,30,32-33H2,1-9H3,(H,59,65)/t46-,47-,50-/m0/s1. The Morgan fingerprint density at radius 2 is 1.84 bits per heavy atom. The number of likely N-dealkylation sites (N-methyl/N-ethyl adjacent to an activating group) is 1. The number of amides is 3. The number of esters is 1. The predicted octanol–water partition coefficient (Wildman–Crippen LogP) is 8.13. The number of hydrazine groups is 1. The molecule has 0 spiro atoms. The number of rotatable bonds is 14. The van der Waals surface area contributed by atoms with Crippen LogP contribution < -0.4 is 15.5 Å². The first kappa shape index (κ1) is 51.2. The van der Waals surface area contributed by atoms with Gasteiger partial charge in [-0.25, -0.2) is 10.4 Å². The van der Waals surface area contributed by atoms with Crippen LogP contribution >= 0.6 is 0 Å². The lowest BCUT2D eigenvalue weighted by atomic mass is 9.84. The summed E-state index contributed by atoms with van der Waals surface area (Å²) in [5, 5.41) is 5.62. The first-order valence-electron chi connectivity index (χ1n) is 24.4. The molecule has 0 saturated carbocycles. The van der Waals surface area contributed by atoms with E-state index in [1.165, 1.54) is 21.0 Å². The summed E-state index contributed by atoms with van der Waals surface area (Å²) in [6, 6.07) is 22.1. The molecule has 0 radical (unpaired) electrons. The Kier molecular flexibility index (Phi) is 16.7. The van der Waals surface area contributed by atoms with Gasteiger partial charge in [0.25, 0.3) is 5.91 Å². The lowest BCUT2D eigenvalue weighted by Crippen LogP contribution is -2.62. The SMILES string of the molecule is CCc1ccncc1-c1c2c3cc(ccc3n1CC)-c1cccc(c1)C[C@H](NC(=O)[C@H](C(C)C)N(C)C(=O)CCN=C=Nc1ccc(OC)cc1COC)C(=O)N1CCC[C@H](N1)C(=O)OCC(C)(C)C2. The van der Waals surface area contributed by atoms with Crippen LogP contribution in [0.2, 0.25) is 0 Å². The van der Waals surface area contributed by atoms with E-state index in [0.717, 1.165) is 57.4 Å². The summed E-state index contributed by atoms with van der Waals surface area (Å²) in [6.45, 7) is 13.9. The molecule has 15 nitrogen and oxygen atoms in total. The number of aliphatic imine (C=N–C) groups is 2. The topological polar surface area (TPSA) is 169 Å². The molecular formula is C55H68N8O7. The van der Waals surface area contributed by atoms with Gasteiger partial charge in [-0.15, -0.1) is 0 Å². The zero-order valence-electron chi connectivity index (χ0n) is 42.1. The highest BCUT2D eigenvalue weighted by Crippen LogP contribution is 2.41. The molecule has 2 aliphatic rings. The monoisotopic (exact) mass is 953 g/mol. The maximum Gasteiger partial charge on any atom is 0.324 e. The normalized spacial score (nSPS) is 17.5. The number of aromatic nitrogens is 2. The molecule has 1 fully saturated rings. The summed E-state index contributed by atoms with van der Waals surface area (Å²) in [6.07, 6.45) is 6.48. The first-order valence-corrected chi connectivity index (χ1v) is 24.4. The Labute approximate surface area is 411 Å². The van der Waals surface area contributed by atoms with Crippen molar-refractivity contribution in [1.82, 2.24) is 30.2 Å². The molecule has 370 valence electrons. The Morgan fingerprint density at radius 1 is 1.04 bits per heavy atom. The molecule has 2 aromatic heterocycles. The third-order valence-electron chi connectivity index (χ3n) is 13.3. The van der Waals surface area contributed by atoms with Crippen LogP contribution in [0.25, 0.3) is 33.3 Å². The molecule has 3 aromatic carbocycles. The van der Waals surface area contributed by atoms with E-state index >= 15 is 0 Å². The lowest BCUT2D eigenvalue weighted by molar-refractivity contribution is -0.155. The van der Waals surface area contributed by atoms with Crippen LogP contribution in [0.1, 0.15) is 83.1 Å². The van der Waals surface area contributed by atoms with Crippen molar-refractivity contribution in [2.75, 3.05) is 41.0 Å². The summed E-state index contributed by atoms with van der Waals surface area (Å²) < 4.78 is 19.1. The highest BCUT2D eigenvalue weighted by atomic mass is 16.5. The van der Waals surface area contributed by atoms with E-state index in [2.05, 4.69) is 100 Å². The summed E-state index contributed by atoms with van der Waals surface area (Å²) in [4.78, 5) is 71.4. The summed E-state index contributed by atoms with van der Waals surface area (Å²) in [7, 11) is 4.78. The fourth-order valence-corrected chi connectivity index (χ4v) is 9.75. The van der Waals surface area contributed by atoms with E-state index in [1.54, 1.807) is 33.4 Å². The van der Waals surface area contributed by atoms with Gasteiger partial charge in [0, 0.05) is 79.9 Å². The Balaban J connectivity index is 1.19. The highest BCUT2D eigenvalue weighted by Gasteiger charge is 2.37. The summed E-state index contributed by atoms with van der Waals surface area (Å²) in [5.74, 6) is -1.24. The second kappa shape index (κ2) is 22.8. The van der Waals surface area contributed by atoms with E-state index < -0.39 is 41.3 Å². The number of pyridine rings is 1. The smallest absolute Gasteiger partial charge is 0.324 e. The van der Waals surface area contributed by atoms with E-state index in [9.17, 15) is 19.2 Å².